The van der Waals surface area contributed by atoms with E-state index in [0.29, 0.717) is 12.8 Å². The molecule has 1 atom stereocenters. The van der Waals surface area contributed by atoms with E-state index < -0.39 is 5.60 Å². The highest BCUT2D eigenvalue weighted by atomic mass is 17.1. The normalized spacial score (nSPS) is 26.9. The molecule has 0 amide bonds. The molecule has 1 N–H and O–H groups in total. The molecule has 1 aliphatic rings. The zero-order valence-electron chi connectivity index (χ0n) is 9.63. The molecule has 0 spiro atoms. The highest BCUT2D eigenvalue weighted by molar-refractivity contribution is 5.80. The van der Waals surface area contributed by atoms with Gasteiger partial charge in [0.25, 0.3) is 0 Å². The number of hydrogen-bond donors (Lipinski definition) is 1. The van der Waals surface area contributed by atoms with E-state index in [1.807, 2.05) is 0 Å². The van der Waals surface area contributed by atoms with Gasteiger partial charge in [-0.05, 0) is 19.3 Å². The maximum Gasteiger partial charge on any atom is 0.135 e. The molecule has 1 aliphatic carbocycles. The number of unbranched alkanes of at least 4 members (excludes halogenated alkanes) is 3. The van der Waals surface area contributed by atoms with Crippen LogP contribution in [0.4, 0.5) is 0 Å². The van der Waals surface area contributed by atoms with Crippen LogP contribution >= 0.6 is 0 Å². The molecule has 1 fully saturated rings. The molecular formula is C12H22O3. The third kappa shape index (κ3) is 3.92. The van der Waals surface area contributed by atoms with Crippen molar-refractivity contribution < 1.29 is 14.9 Å². The highest BCUT2D eigenvalue weighted by Gasteiger charge is 2.36. The first-order chi connectivity index (χ1) is 7.22. The predicted molar refractivity (Wildman–Crippen MR) is 58.7 cm³/mol. The van der Waals surface area contributed by atoms with Gasteiger partial charge < -0.3 is 0 Å². The van der Waals surface area contributed by atoms with Crippen LogP contribution in [-0.2, 0) is 9.68 Å². The Labute approximate surface area is 91.7 Å². The van der Waals surface area contributed by atoms with Crippen molar-refractivity contribution in [3.63, 3.8) is 0 Å². The van der Waals surface area contributed by atoms with Crippen LogP contribution in [0, 0.1) is 0 Å². The van der Waals surface area contributed by atoms with Gasteiger partial charge in [-0.3, -0.25) is 10.1 Å². The maximum atomic E-state index is 11.3. The largest absolute Gasteiger partial charge is 0.300 e. The Kier molecular flexibility index (Phi) is 5.26. The van der Waals surface area contributed by atoms with Gasteiger partial charge in [0.05, 0.1) is 0 Å². The van der Waals surface area contributed by atoms with Gasteiger partial charge in [-0.1, -0.05) is 32.6 Å². The minimum atomic E-state index is -0.553. The topological polar surface area (TPSA) is 46.5 Å². The van der Waals surface area contributed by atoms with Gasteiger partial charge in [0.15, 0.2) is 0 Å². The smallest absolute Gasteiger partial charge is 0.135 e. The monoisotopic (exact) mass is 214 g/mol. The number of carbonyl (C=O) groups excluding carboxylic acids is 1. The zero-order chi connectivity index (χ0) is 11.1. The lowest BCUT2D eigenvalue weighted by Gasteiger charge is -2.33. The standard InChI is InChI=1S/C12H22O3/c1-2-3-4-5-8-12(15-14)9-6-7-11(13)10-12/h14H,2-10H2,1H3. The molecule has 0 bridgehead atoms. The molecule has 1 unspecified atom stereocenters. The van der Waals surface area contributed by atoms with Crippen molar-refractivity contribution in [3.05, 3.63) is 0 Å². The maximum absolute atomic E-state index is 11.3. The Morgan fingerprint density at radius 3 is 2.80 bits per heavy atom. The Balaban J connectivity index is 2.34. The van der Waals surface area contributed by atoms with Gasteiger partial charge in [0.1, 0.15) is 11.4 Å². The lowest BCUT2D eigenvalue weighted by molar-refractivity contribution is -0.329. The van der Waals surface area contributed by atoms with Crippen LogP contribution in [0.1, 0.15) is 64.7 Å². The fourth-order valence-corrected chi connectivity index (χ4v) is 2.35. The van der Waals surface area contributed by atoms with Crippen molar-refractivity contribution in [1.29, 1.82) is 0 Å². The second-order valence-corrected chi connectivity index (χ2v) is 4.65. The molecule has 3 heteroatoms. The number of rotatable bonds is 6. The van der Waals surface area contributed by atoms with Gasteiger partial charge in [-0.25, -0.2) is 4.89 Å². The van der Waals surface area contributed by atoms with Crippen LogP contribution in [0.25, 0.3) is 0 Å². The summed E-state index contributed by atoms with van der Waals surface area (Å²) in [5, 5.41) is 8.96. The summed E-state index contributed by atoms with van der Waals surface area (Å²) in [6, 6.07) is 0. The van der Waals surface area contributed by atoms with Crippen molar-refractivity contribution in [2.24, 2.45) is 0 Å². The number of carbonyl (C=O) groups is 1. The second kappa shape index (κ2) is 6.23. The fourth-order valence-electron chi connectivity index (χ4n) is 2.35. The summed E-state index contributed by atoms with van der Waals surface area (Å²) in [5.41, 5.74) is -0.553. The van der Waals surface area contributed by atoms with Crippen molar-refractivity contribution in [3.8, 4) is 0 Å². The van der Waals surface area contributed by atoms with Gasteiger partial charge in [0, 0.05) is 12.8 Å². The van der Waals surface area contributed by atoms with Gasteiger partial charge >= 0.3 is 0 Å². The van der Waals surface area contributed by atoms with Crippen molar-refractivity contribution in [2.45, 2.75) is 70.3 Å². The number of hydrogen-bond acceptors (Lipinski definition) is 3. The third-order valence-electron chi connectivity index (χ3n) is 3.29. The third-order valence-corrected chi connectivity index (χ3v) is 3.29. The molecule has 1 saturated carbocycles. The molecule has 0 aromatic rings. The highest BCUT2D eigenvalue weighted by Crippen LogP contribution is 2.33. The summed E-state index contributed by atoms with van der Waals surface area (Å²) in [7, 11) is 0. The van der Waals surface area contributed by atoms with Crippen LogP contribution in [-0.4, -0.2) is 16.6 Å². The zero-order valence-corrected chi connectivity index (χ0v) is 9.63. The first kappa shape index (κ1) is 12.7. The summed E-state index contributed by atoms with van der Waals surface area (Å²) in [6.07, 6.45) is 8.16. The molecule has 0 radical (unpaired) electrons. The number of ketones is 1. The predicted octanol–water partition coefficient (Wildman–Crippen LogP) is 3.33. The Morgan fingerprint density at radius 1 is 1.40 bits per heavy atom. The molecule has 0 saturated heterocycles. The lowest BCUT2D eigenvalue weighted by Crippen LogP contribution is -2.37. The fraction of sp³-hybridized carbons (Fsp3) is 0.917. The van der Waals surface area contributed by atoms with Crippen molar-refractivity contribution in [2.75, 3.05) is 0 Å². The molecule has 88 valence electrons. The summed E-state index contributed by atoms with van der Waals surface area (Å²) >= 11 is 0. The van der Waals surface area contributed by atoms with E-state index in [-0.39, 0.29) is 5.78 Å². The molecule has 1 rings (SSSR count). The Morgan fingerprint density at radius 2 is 2.20 bits per heavy atom. The van der Waals surface area contributed by atoms with E-state index >= 15 is 0 Å². The molecule has 15 heavy (non-hydrogen) atoms. The first-order valence-corrected chi connectivity index (χ1v) is 6.07. The van der Waals surface area contributed by atoms with Gasteiger partial charge in [0.2, 0.25) is 0 Å². The molecular weight excluding hydrogens is 192 g/mol. The van der Waals surface area contributed by atoms with Gasteiger partial charge in [-0.15, -0.1) is 0 Å². The van der Waals surface area contributed by atoms with E-state index in [9.17, 15) is 4.79 Å². The quantitative estimate of drug-likeness (QED) is 0.419. The van der Waals surface area contributed by atoms with Crippen LogP contribution in [0.3, 0.4) is 0 Å². The van der Waals surface area contributed by atoms with Crippen molar-refractivity contribution >= 4 is 5.78 Å². The summed E-state index contributed by atoms with van der Waals surface area (Å²) in [4.78, 5) is 15.9. The number of Topliss-reactive ketones (excluding diaryl/α,β-unsaturated/α-hetero) is 1. The van der Waals surface area contributed by atoms with E-state index in [0.717, 1.165) is 32.1 Å². The molecule has 0 aromatic heterocycles. The summed E-state index contributed by atoms with van der Waals surface area (Å²) in [5.74, 6) is 0.228. The SMILES string of the molecule is CCCCCCC1(OO)CCCC(=O)C1. The second-order valence-electron chi connectivity index (χ2n) is 4.65. The van der Waals surface area contributed by atoms with Crippen LogP contribution in [0.15, 0.2) is 0 Å². The van der Waals surface area contributed by atoms with Crippen LogP contribution in [0.5, 0.6) is 0 Å². The minimum absolute atomic E-state index is 0.228. The van der Waals surface area contributed by atoms with Crippen LogP contribution in [0.2, 0.25) is 0 Å². The van der Waals surface area contributed by atoms with E-state index in [4.69, 9.17) is 5.26 Å². The lowest BCUT2D eigenvalue weighted by atomic mass is 9.80. The summed E-state index contributed by atoms with van der Waals surface area (Å²) < 4.78 is 0. The average molecular weight is 214 g/mol. The van der Waals surface area contributed by atoms with E-state index in [2.05, 4.69) is 11.8 Å². The van der Waals surface area contributed by atoms with Crippen molar-refractivity contribution in [1.82, 2.24) is 0 Å². The molecule has 0 aliphatic heterocycles. The molecule has 0 heterocycles. The summed E-state index contributed by atoms with van der Waals surface area (Å²) in [6.45, 7) is 2.17. The van der Waals surface area contributed by atoms with E-state index in [1.54, 1.807) is 0 Å². The van der Waals surface area contributed by atoms with Crippen LogP contribution < -0.4 is 0 Å². The molecule has 3 nitrogen and oxygen atoms in total. The average Bonchev–Trinajstić information content (AvgIpc) is 2.25. The minimum Gasteiger partial charge on any atom is -0.300 e. The van der Waals surface area contributed by atoms with Gasteiger partial charge in [-0.2, -0.15) is 0 Å². The molecule has 0 aromatic carbocycles. The van der Waals surface area contributed by atoms with E-state index in [1.165, 1.54) is 12.8 Å². The first-order valence-electron chi connectivity index (χ1n) is 6.07. The Bertz CT molecular complexity index is 203. The Hall–Kier alpha value is -0.410.